The first-order valence-corrected chi connectivity index (χ1v) is 7.72. The van der Waals surface area contributed by atoms with Crippen molar-refractivity contribution in [1.29, 1.82) is 0 Å². The van der Waals surface area contributed by atoms with Crippen LogP contribution in [0.3, 0.4) is 0 Å². The van der Waals surface area contributed by atoms with E-state index in [0.29, 0.717) is 5.92 Å². The van der Waals surface area contributed by atoms with Gasteiger partial charge in [-0.15, -0.1) is 0 Å². The highest BCUT2D eigenvalue weighted by molar-refractivity contribution is 5.76. The number of hydrogen-bond acceptors (Lipinski definition) is 2. The second kappa shape index (κ2) is 6.60. The van der Waals surface area contributed by atoms with Gasteiger partial charge in [-0.2, -0.15) is 0 Å². The van der Waals surface area contributed by atoms with Crippen LogP contribution < -0.4 is 5.56 Å². The zero-order valence-corrected chi connectivity index (χ0v) is 12.5. The van der Waals surface area contributed by atoms with E-state index >= 15 is 0 Å². The molecule has 4 nitrogen and oxygen atoms in total. The summed E-state index contributed by atoms with van der Waals surface area (Å²) in [5, 5.41) is 0. The zero-order valence-electron chi connectivity index (χ0n) is 12.5. The third-order valence-electron chi connectivity index (χ3n) is 4.32. The second-order valence-electron chi connectivity index (χ2n) is 5.73. The van der Waals surface area contributed by atoms with Crippen molar-refractivity contribution in [3.05, 3.63) is 70.6 Å². The molecule has 0 bridgehead atoms. The molecule has 0 N–H and O–H groups in total. The van der Waals surface area contributed by atoms with E-state index in [9.17, 15) is 9.59 Å². The number of carbonyl (C=O) groups excluding carboxylic acids is 1. The Labute approximate surface area is 130 Å². The number of benzene rings is 1. The Balaban J connectivity index is 1.58. The monoisotopic (exact) mass is 296 g/mol. The molecule has 1 amide bonds. The van der Waals surface area contributed by atoms with Gasteiger partial charge < -0.3 is 9.47 Å². The largest absolute Gasteiger partial charge is 0.341 e. The van der Waals surface area contributed by atoms with Crippen molar-refractivity contribution >= 4 is 5.91 Å². The summed E-state index contributed by atoms with van der Waals surface area (Å²) in [6.45, 7) is 1.66. The fourth-order valence-electron chi connectivity index (χ4n) is 3.02. The second-order valence-corrected chi connectivity index (χ2v) is 5.73. The van der Waals surface area contributed by atoms with Crippen LogP contribution in [0.15, 0.2) is 59.5 Å². The Bertz CT molecular complexity index is 685. The smallest absolute Gasteiger partial charge is 0.250 e. The van der Waals surface area contributed by atoms with Gasteiger partial charge in [-0.1, -0.05) is 36.4 Å². The van der Waals surface area contributed by atoms with Crippen molar-refractivity contribution in [1.82, 2.24) is 9.47 Å². The molecule has 1 aliphatic heterocycles. The van der Waals surface area contributed by atoms with E-state index in [0.717, 1.165) is 25.9 Å². The molecule has 3 rings (SSSR count). The van der Waals surface area contributed by atoms with Gasteiger partial charge in [-0.25, -0.2) is 0 Å². The fraction of sp³-hybridized carbons (Fsp3) is 0.333. The van der Waals surface area contributed by atoms with Crippen LogP contribution in [0, 0.1) is 0 Å². The highest BCUT2D eigenvalue weighted by Gasteiger charge is 2.23. The number of carbonyl (C=O) groups is 1. The van der Waals surface area contributed by atoms with Gasteiger partial charge in [0.25, 0.3) is 5.56 Å². The number of pyridine rings is 1. The van der Waals surface area contributed by atoms with E-state index < -0.39 is 0 Å². The molecule has 0 saturated carbocycles. The number of piperidine rings is 1. The molecular formula is C18H20N2O2. The zero-order chi connectivity index (χ0) is 15.4. The minimum Gasteiger partial charge on any atom is -0.341 e. The van der Waals surface area contributed by atoms with Gasteiger partial charge >= 0.3 is 0 Å². The van der Waals surface area contributed by atoms with Gasteiger partial charge in [-0.3, -0.25) is 9.59 Å². The van der Waals surface area contributed by atoms with Gasteiger partial charge in [0, 0.05) is 25.4 Å². The number of hydrogen-bond donors (Lipinski definition) is 0. The summed E-state index contributed by atoms with van der Waals surface area (Å²) >= 11 is 0. The highest BCUT2D eigenvalue weighted by Crippen LogP contribution is 2.27. The molecule has 0 spiro atoms. The molecule has 1 aromatic heterocycles. The molecule has 0 unspecified atom stereocenters. The van der Waals surface area contributed by atoms with E-state index in [4.69, 9.17) is 0 Å². The van der Waals surface area contributed by atoms with Crippen LogP contribution in [0.5, 0.6) is 0 Å². The number of aromatic nitrogens is 1. The molecule has 1 fully saturated rings. The summed E-state index contributed by atoms with van der Waals surface area (Å²) in [6, 6.07) is 15.4. The van der Waals surface area contributed by atoms with E-state index in [2.05, 4.69) is 24.3 Å². The lowest BCUT2D eigenvalue weighted by atomic mass is 9.89. The van der Waals surface area contributed by atoms with Crippen LogP contribution in [-0.2, 0) is 11.3 Å². The van der Waals surface area contributed by atoms with Crippen LogP contribution in [0.4, 0.5) is 0 Å². The van der Waals surface area contributed by atoms with E-state index in [1.54, 1.807) is 18.3 Å². The Hall–Kier alpha value is -2.36. The Morgan fingerprint density at radius 1 is 1.00 bits per heavy atom. The van der Waals surface area contributed by atoms with Gasteiger partial charge in [-0.05, 0) is 30.4 Å². The SMILES string of the molecule is O=C(Cn1ccccc1=O)N1CCC(c2ccccc2)CC1. The lowest BCUT2D eigenvalue weighted by Gasteiger charge is -2.32. The first-order valence-electron chi connectivity index (χ1n) is 7.72. The predicted molar refractivity (Wildman–Crippen MR) is 85.7 cm³/mol. The third-order valence-corrected chi connectivity index (χ3v) is 4.32. The molecule has 2 heterocycles. The molecule has 114 valence electrons. The minimum absolute atomic E-state index is 0.0276. The molecule has 0 atom stereocenters. The highest BCUT2D eigenvalue weighted by atomic mass is 16.2. The van der Waals surface area contributed by atoms with Crippen molar-refractivity contribution in [2.45, 2.75) is 25.3 Å². The average Bonchev–Trinajstić information content (AvgIpc) is 2.58. The number of nitrogens with zero attached hydrogens (tertiary/aromatic N) is 2. The molecule has 4 heteroatoms. The molecule has 22 heavy (non-hydrogen) atoms. The van der Waals surface area contributed by atoms with Gasteiger partial charge in [0.15, 0.2) is 0 Å². The van der Waals surface area contributed by atoms with Gasteiger partial charge in [0.1, 0.15) is 6.54 Å². The topological polar surface area (TPSA) is 42.3 Å². The molecule has 1 aromatic carbocycles. The van der Waals surface area contributed by atoms with Gasteiger partial charge in [0.05, 0.1) is 0 Å². The molecule has 0 aliphatic carbocycles. The maximum atomic E-state index is 12.3. The summed E-state index contributed by atoms with van der Waals surface area (Å²) in [5.74, 6) is 0.560. The van der Waals surface area contributed by atoms with Crippen LogP contribution >= 0.6 is 0 Å². The van der Waals surface area contributed by atoms with E-state index in [-0.39, 0.29) is 18.0 Å². The maximum absolute atomic E-state index is 12.3. The standard InChI is InChI=1S/C18H20N2O2/c21-17-8-4-5-11-20(17)14-18(22)19-12-9-16(10-13-19)15-6-2-1-3-7-15/h1-8,11,16H,9-10,12-14H2. The molecular weight excluding hydrogens is 276 g/mol. The molecule has 1 saturated heterocycles. The van der Waals surface area contributed by atoms with Crippen LogP contribution in [0.2, 0.25) is 0 Å². The van der Waals surface area contributed by atoms with Crippen molar-refractivity contribution in [2.75, 3.05) is 13.1 Å². The average molecular weight is 296 g/mol. The maximum Gasteiger partial charge on any atom is 0.250 e. The quantitative estimate of drug-likeness (QED) is 0.872. The summed E-state index contributed by atoms with van der Waals surface area (Å²) in [7, 11) is 0. The van der Waals surface area contributed by atoms with Crippen LogP contribution in [0.25, 0.3) is 0 Å². The molecule has 1 aliphatic rings. The predicted octanol–water partition coefficient (Wildman–Crippen LogP) is 2.25. The minimum atomic E-state index is -0.130. The normalized spacial score (nSPS) is 15.7. The van der Waals surface area contributed by atoms with E-state index in [1.165, 1.54) is 16.2 Å². The molecule has 0 radical (unpaired) electrons. The van der Waals surface area contributed by atoms with E-state index in [1.807, 2.05) is 11.0 Å². The number of rotatable bonds is 3. The summed E-state index contributed by atoms with van der Waals surface area (Å²) in [6.07, 6.45) is 3.63. The molecule has 2 aromatic rings. The third kappa shape index (κ3) is 3.27. The summed E-state index contributed by atoms with van der Waals surface area (Å²) < 4.78 is 1.46. The summed E-state index contributed by atoms with van der Waals surface area (Å²) in [5.41, 5.74) is 1.23. The van der Waals surface area contributed by atoms with Crippen molar-refractivity contribution in [3.8, 4) is 0 Å². The lowest BCUT2D eigenvalue weighted by molar-refractivity contribution is -0.132. The Kier molecular flexibility index (Phi) is 4.37. The van der Waals surface area contributed by atoms with Crippen molar-refractivity contribution < 1.29 is 4.79 Å². The fourth-order valence-corrected chi connectivity index (χ4v) is 3.02. The lowest BCUT2D eigenvalue weighted by Crippen LogP contribution is -2.41. The Morgan fingerprint density at radius 3 is 2.36 bits per heavy atom. The first-order chi connectivity index (χ1) is 10.7. The number of likely N-dealkylation sites (tertiary alicyclic amines) is 1. The number of amides is 1. The van der Waals surface area contributed by atoms with Crippen LogP contribution in [-0.4, -0.2) is 28.5 Å². The van der Waals surface area contributed by atoms with Crippen molar-refractivity contribution in [2.24, 2.45) is 0 Å². The van der Waals surface area contributed by atoms with Crippen molar-refractivity contribution in [3.63, 3.8) is 0 Å². The summed E-state index contributed by atoms with van der Waals surface area (Å²) in [4.78, 5) is 25.9. The van der Waals surface area contributed by atoms with Crippen LogP contribution in [0.1, 0.15) is 24.3 Å². The Morgan fingerprint density at radius 2 is 1.68 bits per heavy atom. The van der Waals surface area contributed by atoms with Gasteiger partial charge in [0.2, 0.25) is 5.91 Å². The first kappa shape index (κ1) is 14.6.